The minimum atomic E-state index is -0.238. The van der Waals surface area contributed by atoms with Crippen LogP contribution >= 0.6 is 11.3 Å². The Morgan fingerprint density at radius 3 is 2.35 bits per heavy atom. The number of hydrogen-bond donors (Lipinski definition) is 0. The summed E-state index contributed by atoms with van der Waals surface area (Å²) in [5.41, 5.74) is 3.39. The van der Waals surface area contributed by atoms with Crippen LogP contribution in [0.4, 0.5) is 0 Å². The molecule has 0 radical (unpaired) electrons. The normalized spacial score (nSPS) is 11.0. The Labute approximate surface area is 154 Å². The zero-order chi connectivity index (χ0) is 18.7. The molecule has 0 saturated heterocycles. The summed E-state index contributed by atoms with van der Waals surface area (Å²) in [7, 11) is 0. The second-order valence-electron chi connectivity index (χ2n) is 5.90. The first-order valence-corrected chi connectivity index (χ1v) is 8.77. The molecule has 0 aliphatic carbocycles. The van der Waals surface area contributed by atoms with Gasteiger partial charge in [-0.1, -0.05) is 47.5 Å². The Morgan fingerprint density at radius 2 is 1.73 bits per heavy atom. The van der Waals surface area contributed by atoms with Gasteiger partial charge in [-0.2, -0.15) is 10.5 Å². The molecule has 0 atom stereocenters. The van der Waals surface area contributed by atoms with Crippen molar-refractivity contribution in [3.63, 3.8) is 0 Å². The molecule has 1 heterocycles. The molecule has 4 nitrogen and oxygen atoms in total. The van der Waals surface area contributed by atoms with E-state index in [1.54, 1.807) is 6.08 Å². The van der Waals surface area contributed by atoms with Crippen molar-refractivity contribution < 1.29 is 0 Å². The highest BCUT2D eigenvalue weighted by atomic mass is 32.1. The predicted molar refractivity (Wildman–Crippen MR) is 103 cm³/mol. The Morgan fingerprint density at radius 1 is 1.04 bits per heavy atom. The van der Waals surface area contributed by atoms with E-state index in [0.29, 0.717) is 14.9 Å². The summed E-state index contributed by atoms with van der Waals surface area (Å²) in [6, 6.07) is 19.0. The number of nitrogens with zero attached hydrogens (tertiary/aromatic N) is 3. The van der Waals surface area contributed by atoms with Crippen molar-refractivity contribution >= 4 is 23.0 Å². The molecule has 26 heavy (non-hydrogen) atoms. The molecule has 0 fully saturated rings. The third-order valence-corrected chi connectivity index (χ3v) is 4.99. The minimum Gasteiger partial charge on any atom is -0.267 e. The first-order valence-electron chi connectivity index (χ1n) is 7.95. The number of hydrogen-bond acceptors (Lipinski definition) is 4. The maximum absolute atomic E-state index is 13.0. The standard InChI is InChI=1S/C21H15N3OS/c1-14-6-8-18(9-7-14)24-20(25)19(26-21(24)17(12-22)13-23)11-16-5-3-4-15(2)10-16/h3-11H,1-2H3/b19-11+. The quantitative estimate of drug-likeness (QED) is 0.708. The highest BCUT2D eigenvalue weighted by Gasteiger charge is 2.11. The second kappa shape index (κ2) is 7.23. The van der Waals surface area contributed by atoms with Gasteiger partial charge in [0.05, 0.1) is 10.2 Å². The third-order valence-electron chi connectivity index (χ3n) is 3.89. The lowest BCUT2D eigenvalue weighted by Crippen LogP contribution is -2.30. The Bertz CT molecular complexity index is 1220. The van der Waals surface area contributed by atoms with Crippen molar-refractivity contribution in [1.82, 2.24) is 4.57 Å². The zero-order valence-corrected chi connectivity index (χ0v) is 15.2. The summed E-state index contributed by atoms with van der Waals surface area (Å²) in [4.78, 5) is 13.0. The van der Waals surface area contributed by atoms with E-state index < -0.39 is 0 Å². The minimum absolute atomic E-state index is 0.0726. The molecule has 0 spiro atoms. The zero-order valence-electron chi connectivity index (χ0n) is 14.4. The molecule has 1 aromatic heterocycles. The van der Waals surface area contributed by atoms with Crippen LogP contribution in [-0.2, 0) is 0 Å². The Kier molecular flexibility index (Phi) is 4.84. The first kappa shape index (κ1) is 17.4. The third kappa shape index (κ3) is 3.35. The van der Waals surface area contributed by atoms with Crippen LogP contribution in [0.1, 0.15) is 16.7 Å². The molecule has 0 unspecified atom stereocenters. The summed E-state index contributed by atoms with van der Waals surface area (Å²) >= 11 is 1.16. The molecule has 3 rings (SSSR count). The largest absolute Gasteiger partial charge is 0.273 e. The van der Waals surface area contributed by atoms with Gasteiger partial charge in [-0.25, -0.2) is 0 Å². The molecule has 126 valence electrons. The monoisotopic (exact) mass is 357 g/mol. The van der Waals surface area contributed by atoms with Gasteiger partial charge in [0.15, 0.2) is 5.57 Å². The van der Waals surface area contributed by atoms with E-state index in [-0.39, 0.29) is 11.1 Å². The molecular formula is C21H15N3OS. The molecule has 0 aliphatic heterocycles. The maximum atomic E-state index is 13.0. The van der Waals surface area contributed by atoms with Gasteiger partial charge in [0.1, 0.15) is 16.8 Å². The van der Waals surface area contributed by atoms with Crippen LogP contribution < -0.4 is 14.8 Å². The Hall–Kier alpha value is -3.41. The van der Waals surface area contributed by atoms with E-state index in [0.717, 1.165) is 28.0 Å². The SMILES string of the molecule is Cc1ccc(-n2c(=C(C#N)C#N)s/c(=C/c3cccc(C)c3)c2=O)cc1. The summed E-state index contributed by atoms with van der Waals surface area (Å²) in [6.45, 7) is 3.94. The first-order chi connectivity index (χ1) is 12.5. The smallest absolute Gasteiger partial charge is 0.267 e. The van der Waals surface area contributed by atoms with Crippen molar-refractivity contribution in [3.8, 4) is 17.8 Å². The summed E-state index contributed by atoms with van der Waals surface area (Å²) in [5, 5.41) is 18.6. The van der Waals surface area contributed by atoms with Crippen LogP contribution in [0.25, 0.3) is 17.3 Å². The number of aromatic nitrogens is 1. The molecule has 2 aromatic carbocycles. The second-order valence-corrected chi connectivity index (χ2v) is 6.94. The molecule has 5 heteroatoms. The lowest BCUT2D eigenvalue weighted by Gasteiger charge is -2.02. The van der Waals surface area contributed by atoms with E-state index in [1.807, 2.05) is 74.5 Å². The average molecular weight is 357 g/mol. The molecule has 3 aromatic rings. The fraction of sp³-hybridized carbons (Fsp3) is 0.0952. The number of rotatable bonds is 2. The van der Waals surface area contributed by atoms with Crippen molar-refractivity contribution in [1.29, 1.82) is 10.5 Å². The molecule has 0 bridgehead atoms. The van der Waals surface area contributed by atoms with Gasteiger partial charge < -0.3 is 0 Å². The van der Waals surface area contributed by atoms with Gasteiger partial charge in [0.2, 0.25) is 0 Å². The predicted octanol–water partition coefficient (Wildman–Crippen LogP) is 2.54. The number of nitriles is 2. The van der Waals surface area contributed by atoms with Gasteiger partial charge in [0.25, 0.3) is 5.56 Å². The topological polar surface area (TPSA) is 69.6 Å². The molecule has 0 N–H and O–H groups in total. The molecule has 0 saturated carbocycles. The fourth-order valence-electron chi connectivity index (χ4n) is 2.61. The van der Waals surface area contributed by atoms with E-state index in [4.69, 9.17) is 0 Å². The van der Waals surface area contributed by atoms with Gasteiger partial charge in [-0.15, -0.1) is 11.3 Å². The van der Waals surface area contributed by atoms with Crippen LogP contribution in [0, 0.1) is 36.5 Å². The van der Waals surface area contributed by atoms with Crippen molar-refractivity contribution in [2.75, 3.05) is 0 Å². The highest BCUT2D eigenvalue weighted by molar-refractivity contribution is 7.07. The van der Waals surface area contributed by atoms with Gasteiger partial charge >= 0.3 is 0 Å². The van der Waals surface area contributed by atoms with E-state index in [1.165, 1.54) is 4.57 Å². The molecular weight excluding hydrogens is 342 g/mol. The van der Waals surface area contributed by atoms with Crippen LogP contribution in [0.2, 0.25) is 0 Å². The number of aryl methyl sites for hydroxylation is 2. The van der Waals surface area contributed by atoms with Crippen LogP contribution in [-0.4, -0.2) is 4.57 Å². The fourth-order valence-corrected chi connectivity index (χ4v) is 3.67. The van der Waals surface area contributed by atoms with Crippen molar-refractivity contribution in [2.24, 2.45) is 0 Å². The van der Waals surface area contributed by atoms with E-state index in [2.05, 4.69) is 0 Å². The molecule has 0 amide bonds. The van der Waals surface area contributed by atoms with Crippen LogP contribution in [0.15, 0.2) is 53.3 Å². The molecule has 0 aliphatic rings. The number of thiazole rings is 1. The summed E-state index contributed by atoms with van der Waals surface area (Å²) in [5.74, 6) is 0. The van der Waals surface area contributed by atoms with Gasteiger partial charge in [-0.3, -0.25) is 9.36 Å². The van der Waals surface area contributed by atoms with E-state index in [9.17, 15) is 15.3 Å². The Balaban J connectivity index is 2.38. The van der Waals surface area contributed by atoms with Crippen molar-refractivity contribution in [3.05, 3.63) is 84.8 Å². The summed E-state index contributed by atoms with van der Waals surface area (Å²) in [6.07, 6.45) is 1.79. The average Bonchev–Trinajstić information content (AvgIpc) is 2.93. The van der Waals surface area contributed by atoms with Crippen molar-refractivity contribution in [2.45, 2.75) is 13.8 Å². The summed E-state index contributed by atoms with van der Waals surface area (Å²) < 4.78 is 2.27. The van der Waals surface area contributed by atoms with Crippen LogP contribution in [0.5, 0.6) is 0 Å². The van der Waals surface area contributed by atoms with E-state index >= 15 is 0 Å². The lowest BCUT2D eigenvalue weighted by molar-refractivity contribution is 0.986. The van der Waals surface area contributed by atoms with Crippen LogP contribution in [0.3, 0.4) is 0 Å². The van der Waals surface area contributed by atoms with Gasteiger partial charge in [0, 0.05) is 0 Å². The number of benzene rings is 2. The lowest BCUT2D eigenvalue weighted by atomic mass is 10.1. The van der Waals surface area contributed by atoms with Gasteiger partial charge in [-0.05, 0) is 37.6 Å². The highest BCUT2D eigenvalue weighted by Crippen LogP contribution is 2.07. The maximum Gasteiger partial charge on any atom is 0.273 e.